The van der Waals surface area contributed by atoms with Crippen LogP contribution in [0.25, 0.3) is 10.9 Å². The van der Waals surface area contributed by atoms with Gasteiger partial charge in [-0.05, 0) is 50.5 Å². The van der Waals surface area contributed by atoms with Gasteiger partial charge in [0.1, 0.15) is 0 Å². The minimum atomic E-state index is -0.318. The van der Waals surface area contributed by atoms with E-state index >= 15 is 0 Å². The number of benzene rings is 1. The van der Waals surface area contributed by atoms with Gasteiger partial charge >= 0.3 is 0 Å². The molecule has 0 bridgehead atoms. The minimum Gasteiger partial charge on any atom is -0.478 e. The van der Waals surface area contributed by atoms with E-state index < -0.39 is 0 Å². The number of carbonyl (C=O) groups excluding carboxylic acids is 2. The number of aromatic nitrogens is 3. The van der Waals surface area contributed by atoms with Crippen LogP contribution in [0, 0.1) is 5.92 Å². The molecule has 0 radical (unpaired) electrons. The van der Waals surface area contributed by atoms with Crippen molar-refractivity contribution >= 4 is 40.3 Å². The Morgan fingerprint density at radius 3 is 2.56 bits per heavy atom. The van der Waals surface area contributed by atoms with E-state index in [0.717, 1.165) is 29.3 Å². The molecule has 10 nitrogen and oxygen atoms in total. The van der Waals surface area contributed by atoms with Gasteiger partial charge in [-0.25, -0.2) is 9.97 Å². The lowest BCUT2D eigenvalue weighted by Crippen LogP contribution is -2.40. The van der Waals surface area contributed by atoms with Crippen molar-refractivity contribution in [3.05, 3.63) is 57.1 Å². The molecule has 1 fully saturated rings. The highest BCUT2D eigenvalue weighted by atomic mass is 35.5. The largest absolute Gasteiger partial charge is 0.478 e. The molecule has 0 unspecified atom stereocenters. The van der Waals surface area contributed by atoms with Crippen molar-refractivity contribution in [2.75, 3.05) is 45.7 Å². The van der Waals surface area contributed by atoms with Crippen LogP contribution in [0.4, 0.5) is 5.95 Å². The number of halogens is 1. The first-order valence-corrected chi connectivity index (χ1v) is 13.5. The van der Waals surface area contributed by atoms with Gasteiger partial charge in [0.2, 0.25) is 11.9 Å². The summed E-state index contributed by atoms with van der Waals surface area (Å²) in [6.45, 7) is 5.02. The fourth-order valence-corrected chi connectivity index (χ4v) is 5.02. The van der Waals surface area contributed by atoms with Gasteiger partial charge in [-0.1, -0.05) is 17.7 Å². The Bertz CT molecular complexity index is 1430. The third kappa shape index (κ3) is 6.33. The maximum atomic E-state index is 13.1. The molecule has 1 aliphatic rings. The fourth-order valence-electron chi connectivity index (χ4n) is 4.86. The highest BCUT2D eigenvalue weighted by Crippen LogP contribution is 2.27. The first-order chi connectivity index (χ1) is 18.6. The maximum absolute atomic E-state index is 13.1. The Morgan fingerprint density at radius 1 is 1.21 bits per heavy atom. The molecule has 39 heavy (non-hydrogen) atoms. The first-order valence-electron chi connectivity index (χ1n) is 13.1. The van der Waals surface area contributed by atoms with Gasteiger partial charge in [0.15, 0.2) is 12.4 Å². The van der Waals surface area contributed by atoms with E-state index in [1.54, 1.807) is 35.8 Å². The molecule has 0 aliphatic carbocycles. The first kappa shape index (κ1) is 28.4. The SMILES string of the molecule is CNC(=O)COc1cc2cc(Cc3nc(N4CCC(C(=O)N(C)C)CC4)ncc3Cl)ccc2n(C(C)C)c1=O. The van der Waals surface area contributed by atoms with Gasteiger partial charge in [-0.2, -0.15) is 0 Å². The van der Waals surface area contributed by atoms with E-state index in [1.165, 1.54) is 7.05 Å². The van der Waals surface area contributed by atoms with Gasteiger partial charge < -0.3 is 24.4 Å². The van der Waals surface area contributed by atoms with Crippen molar-refractivity contribution in [3.63, 3.8) is 0 Å². The summed E-state index contributed by atoms with van der Waals surface area (Å²) in [5.41, 5.74) is 2.14. The molecule has 1 saturated heterocycles. The predicted molar refractivity (Wildman–Crippen MR) is 152 cm³/mol. The Morgan fingerprint density at radius 2 is 1.92 bits per heavy atom. The molecule has 0 spiro atoms. The van der Waals surface area contributed by atoms with Crippen molar-refractivity contribution in [2.45, 2.75) is 39.2 Å². The zero-order chi connectivity index (χ0) is 28.3. The van der Waals surface area contributed by atoms with Crippen LogP contribution in [0.2, 0.25) is 5.02 Å². The summed E-state index contributed by atoms with van der Waals surface area (Å²) < 4.78 is 7.23. The number of amides is 2. The Balaban J connectivity index is 1.59. The van der Waals surface area contributed by atoms with Gasteiger partial charge in [-0.3, -0.25) is 14.4 Å². The van der Waals surface area contributed by atoms with Crippen LogP contribution >= 0.6 is 11.6 Å². The number of hydrogen-bond donors (Lipinski definition) is 1. The third-order valence-electron chi connectivity index (χ3n) is 6.97. The number of anilines is 1. The third-order valence-corrected chi connectivity index (χ3v) is 7.28. The summed E-state index contributed by atoms with van der Waals surface area (Å²) in [5, 5.41) is 3.77. The summed E-state index contributed by atoms with van der Waals surface area (Å²) in [7, 11) is 5.09. The number of carbonyl (C=O) groups is 2. The second kappa shape index (κ2) is 12.0. The number of pyridine rings is 1. The van der Waals surface area contributed by atoms with Crippen molar-refractivity contribution in [1.82, 2.24) is 24.8 Å². The van der Waals surface area contributed by atoms with Crippen molar-refractivity contribution in [3.8, 4) is 5.75 Å². The van der Waals surface area contributed by atoms with Crippen molar-refractivity contribution in [2.24, 2.45) is 5.92 Å². The molecule has 0 atom stereocenters. The Hall–Kier alpha value is -3.66. The van der Waals surface area contributed by atoms with Gasteiger partial charge in [0.05, 0.1) is 22.4 Å². The van der Waals surface area contributed by atoms with Crippen molar-refractivity contribution < 1.29 is 14.3 Å². The molecule has 1 aromatic carbocycles. The average Bonchev–Trinajstić information content (AvgIpc) is 2.92. The zero-order valence-electron chi connectivity index (χ0n) is 23.0. The Kier molecular flexibility index (Phi) is 8.74. The molecular formula is C28H35ClN6O4. The molecule has 4 rings (SSSR count). The monoisotopic (exact) mass is 554 g/mol. The van der Waals surface area contributed by atoms with E-state index in [9.17, 15) is 14.4 Å². The zero-order valence-corrected chi connectivity index (χ0v) is 23.8. The van der Waals surface area contributed by atoms with Crippen LogP contribution in [0.3, 0.4) is 0 Å². The number of rotatable bonds is 8. The van der Waals surface area contributed by atoms with Crippen LogP contribution in [-0.2, 0) is 16.0 Å². The summed E-state index contributed by atoms with van der Waals surface area (Å²) in [4.78, 5) is 50.1. The molecule has 1 N–H and O–H groups in total. The molecule has 3 heterocycles. The molecule has 1 aliphatic heterocycles. The quantitative estimate of drug-likeness (QED) is 0.456. The summed E-state index contributed by atoms with van der Waals surface area (Å²) in [6.07, 6.45) is 3.60. The number of ether oxygens (including phenoxy) is 1. The van der Waals surface area contributed by atoms with Crippen molar-refractivity contribution in [1.29, 1.82) is 0 Å². The molecule has 11 heteroatoms. The van der Waals surface area contributed by atoms with E-state index in [2.05, 4.69) is 15.2 Å². The van der Waals surface area contributed by atoms with E-state index in [-0.39, 0.29) is 41.7 Å². The van der Waals surface area contributed by atoms with Crippen LogP contribution in [-0.4, -0.2) is 72.1 Å². The normalized spacial score (nSPS) is 14.1. The molecule has 208 valence electrons. The topological polar surface area (TPSA) is 110 Å². The predicted octanol–water partition coefficient (Wildman–Crippen LogP) is 3.05. The van der Waals surface area contributed by atoms with E-state index in [1.807, 2.05) is 32.0 Å². The maximum Gasteiger partial charge on any atom is 0.293 e. The van der Waals surface area contributed by atoms with E-state index in [0.29, 0.717) is 36.2 Å². The van der Waals surface area contributed by atoms with Crippen LogP contribution < -0.4 is 20.5 Å². The lowest BCUT2D eigenvalue weighted by molar-refractivity contribution is -0.133. The molecule has 3 aromatic rings. The standard InChI is InChI=1S/C28H35ClN6O4/c1-17(2)35-23-7-6-18(12-20(23)14-24(27(35)38)39-16-25(36)30-3)13-22-21(29)15-31-28(32-22)34-10-8-19(9-11-34)26(37)33(4)5/h6-7,12,14-15,17,19H,8-11,13,16H2,1-5H3,(H,30,36). The summed E-state index contributed by atoms with van der Waals surface area (Å²) >= 11 is 6.50. The summed E-state index contributed by atoms with van der Waals surface area (Å²) in [6, 6.07) is 7.43. The smallest absolute Gasteiger partial charge is 0.293 e. The molecule has 2 aromatic heterocycles. The molecule has 0 saturated carbocycles. The number of fused-ring (bicyclic) bond motifs is 1. The second-order valence-corrected chi connectivity index (χ2v) is 10.7. The average molecular weight is 555 g/mol. The number of nitrogens with zero attached hydrogens (tertiary/aromatic N) is 5. The van der Waals surface area contributed by atoms with Gasteiger partial charge in [-0.15, -0.1) is 0 Å². The number of nitrogens with one attached hydrogen (secondary N) is 1. The van der Waals surface area contributed by atoms with E-state index in [4.69, 9.17) is 21.3 Å². The van der Waals surface area contributed by atoms with Crippen LogP contribution in [0.5, 0.6) is 5.75 Å². The number of piperidine rings is 1. The summed E-state index contributed by atoms with van der Waals surface area (Å²) in [5.74, 6) is 0.588. The highest BCUT2D eigenvalue weighted by molar-refractivity contribution is 6.31. The lowest BCUT2D eigenvalue weighted by Gasteiger charge is -2.32. The molecule has 2 amide bonds. The van der Waals surface area contributed by atoms with Crippen LogP contribution in [0.1, 0.15) is 44.0 Å². The van der Waals surface area contributed by atoms with Gasteiger partial charge in [0.25, 0.3) is 11.5 Å². The lowest BCUT2D eigenvalue weighted by atomic mass is 9.96. The van der Waals surface area contributed by atoms with Gasteiger partial charge in [0, 0.05) is 58.0 Å². The molecular weight excluding hydrogens is 520 g/mol. The Labute approximate surface area is 232 Å². The minimum absolute atomic E-state index is 0.0223. The number of likely N-dealkylation sites (N-methyl/N-ethyl adjacent to an activating group) is 1. The fraction of sp³-hybridized carbons (Fsp3) is 0.464. The van der Waals surface area contributed by atoms with Crippen LogP contribution in [0.15, 0.2) is 35.3 Å². The second-order valence-electron chi connectivity index (χ2n) is 10.3. The number of hydrogen-bond acceptors (Lipinski definition) is 7. The highest BCUT2D eigenvalue weighted by Gasteiger charge is 2.27.